The number of hydrogen-bond donors (Lipinski definition) is 0. The van der Waals surface area contributed by atoms with E-state index >= 15 is 0 Å². The second-order valence-corrected chi connectivity index (χ2v) is 14.6. The molecule has 0 amide bonds. The van der Waals surface area contributed by atoms with Crippen LogP contribution in [0, 0.1) is 19.3 Å². The molecule has 0 N–H and O–H groups in total. The first-order valence-electron chi connectivity index (χ1n) is 16.0. The van der Waals surface area contributed by atoms with Crippen LogP contribution >= 0.6 is 0 Å². The third-order valence-corrected chi connectivity index (χ3v) is 9.31. The Balaban J connectivity index is 1.44. The fraction of sp³-hybridized carbons (Fsp3) is 0.450. The van der Waals surface area contributed by atoms with Crippen LogP contribution in [-0.4, -0.2) is 29.7 Å². The van der Waals surface area contributed by atoms with Crippen molar-refractivity contribution in [2.24, 2.45) is 5.41 Å². The van der Waals surface area contributed by atoms with Gasteiger partial charge in [0.25, 0.3) is 0 Å². The number of fused-ring (bicyclic) bond motifs is 2. The SMILES string of the molecule is Cc1ccc2c(c1)C(C)(C)C(/C=C/C=C/C=C/C=C1\N(CCCCCC(=O)C(C)(C)C)c3ccc(C)cc3C1(C)C)=[N+]2C. The van der Waals surface area contributed by atoms with Crippen LogP contribution in [0.1, 0.15) is 96.4 Å². The molecule has 0 aliphatic carbocycles. The number of ketones is 1. The van der Waals surface area contributed by atoms with Crippen molar-refractivity contribution in [2.45, 2.75) is 98.8 Å². The third-order valence-electron chi connectivity index (χ3n) is 9.31. The Morgan fingerprint density at radius 3 is 2.14 bits per heavy atom. The lowest BCUT2D eigenvalue weighted by molar-refractivity contribution is -0.401. The minimum atomic E-state index is -0.240. The second kappa shape index (κ2) is 12.6. The van der Waals surface area contributed by atoms with Crippen LogP contribution in [0.5, 0.6) is 0 Å². The molecule has 43 heavy (non-hydrogen) atoms. The molecule has 4 rings (SSSR count). The fourth-order valence-corrected chi connectivity index (χ4v) is 6.57. The zero-order valence-electron chi connectivity index (χ0n) is 28.3. The lowest BCUT2D eigenvalue weighted by Gasteiger charge is -2.27. The molecule has 0 radical (unpaired) electrons. The van der Waals surface area contributed by atoms with Gasteiger partial charge in [0.05, 0.1) is 5.41 Å². The average Bonchev–Trinajstić information content (AvgIpc) is 3.24. The van der Waals surface area contributed by atoms with Gasteiger partial charge >= 0.3 is 0 Å². The number of rotatable bonds is 10. The highest BCUT2D eigenvalue weighted by Crippen LogP contribution is 2.48. The summed E-state index contributed by atoms with van der Waals surface area (Å²) in [5.74, 6) is 0.363. The van der Waals surface area contributed by atoms with Gasteiger partial charge in [0.15, 0.2) is 5.71 Å². The van der Waals surface area contributed by atoms with Gasteiger partial charge in [0.1, 0.15) is 12.8 Å². The van der Waals surface area contributed by atoms with Gasteiger partial charge < -0.3 is 4.90 Å². The van der Waals surface area contributed by atoms with E-state index in [-0.39, 0.29) is 16.2 Å². The smallest absolute Gasteiger partial charge is 0.209 e. The summed E-state index contributed by atoms with van der Waals surface area (Å²) in [6.45, 7) is 20.6. The van der Waals surface area contributed by atoms with Gasteiger partial charge in [0, 0.05) is 52.9 Å². The van der Waals surface area contributed by atoms with E-state index in [1.54, 1.807) is 0 Å². The monoisotopic (exact) mass is 577 g/mol. The zero-order valence-corrected chi connectivity index (χ0v) is 28.3. The maximum absolute atomic E-state index is 12.4. The van der Waals surface area contributed by atoms with Crippen LogP contribution in [0.2, 0.25) is 0 Å². The van der Waals surface area contributed by atoms with Crippen LogP contribution in [0.4, 0.5) is 11.4 Å². The normalized spacial score (nSPS) is 18.6. The number of Topliss-reactive ketones (excluding diaryl/α,β-unsaturated/α-hetero) is 1. The summed E-state index contributed by atoms with van der Waals surface area (Å²) in [5, 5.41) is 0. The summed E-state index contributed by atoms with van der Waals surface area (Å²) in [4.78, 5) is 14.9. The van der Waals surface area contributed by atoms with Crippen LogP contribution in [-0.2, 0) is 15.6 Å². The Morgan fingerprint density at radius 2 is 1.44 bits per heavy atom. The highest BCUT2D eigenvalue weighted by atomic mass is 16.1. The zero-order chi connectivity index (χ0) is 31.6. The quantitative estimate of drug-likeness (QED) is 0.159. The molecule has 2 aromatic carbocycles. The maximum Gasteiger partial charge on any atom is 0.209 e. The van der Waals surface area contributed by atoms with Gasteiger partial charge in [-0.1, -0.05) is 101 Å². The van der Waals surface area contributed by atoms with Crippen molar-refractivity contribution in [1.82, 2.24) is 0 Å². The number of allylic oxidation sites excluding steroid dienone is 8. The number of benzene rings is 2. The number of carbonyl (C=O) groups is 1. The molecule has 2 aliphatic heterocycles. The number of aryl methyl sites for hydroxylation is 2. The first-order valence-corrected chi connectivity index (χ1v) is 16.0. The summed E-state index contributed by atoms with van der Waals surface area (Å²) in [6.07, 6.45) is 19.0. The van der Waals surface area contributed by atoms with Crippen molar-refractivity contribution in [1.29, 1.82) is 0 Å². The van der Waals surface area contributed by atoms with E-state index < -0.39 is 0 Å². The number of nitrogens with zero attached hydrogens (tertiary/aromatic N) is 2. The highest BCUT2D eigenvalue weighted by molar-refractivity contribution is 6.03. The van der Waals surface area contributed by atoms with Gasteiger partial charge in [-0.15, -0.1) is 0 Å². The van der Waals surface area contributed by atoms with Gasteiger partial charge in [0.2, 0.25) is 5.69 Å². The van der Waals surface area contributed by atoms with E-state index in [1.807, 2.05) is 20.8 Å². The Kier molecular flexibility index (Phi) is 9.54. The highest BCUT2D eigenvalue weighted by Gasteiger charge is 2.43. The molecule has 3 nitrogen and oxygen atoms in total. The Morgan fingerprint density at radius 1 is 0.814 bits per heavy atom. The second-order valence-electron chi connectivity index (χ2n) is 14.6. The summed E-state index contributed by atoms with van der Waals surface area (Å²) in [6, 6.07) is 13.6. The minimum Gasteiger partial charge on any atom is -0.344 e. The Labute approximate surface area is 261 Å². The fourth-order valence-electron chi connectivity index (χ4n) is 6.57. The van der Waals surface area contributed by atoms with E-state index in [1.165, 1.54) is 45.0 Å². The lowest BCUT2D eigenvalue weighted by Crippen LogP contribution is -2.27. The van der Waals surface area contributed by atoms with E-state index in [0.29, 0.717) is 12.2 Å². The summed E-state index contributed by atoms with van der Waals surface area (Å²) in [7, 11) is 2.17. The van der Waals surface area contributed by atoms with Crippen LogP contribution in [0.25, 0.3) is 0 Å². The van der Waals surface area contributed by atoms with Crippen LogP contribution in [0.3, 0.4) is 0 Å². The maximum atomic E-state index is 12.4. The molecular weight excluding hydrogens is 524 g/mol. The molecule has 2 aromatic rings. The first kappa shape index (κ1) is 32.5. The predicted octanol–water partition coefficient (Wildman–Crippen LogP) is 9.84. The summed E-state index contributed by atoms with van der Waals surface area (Å²) < 4.78 is 2.32. The molecule has 3 heteroatoms. The number of hydrogen-bond acceptors (Lipinski definition) is 2. The molecule has 2 heterocycles. The molecule has 0 bridgehead atoms. The van der Waals surface area contributed by atoms with Crippen LogP contribution in [0.15, 0.2) is 84.6 Å². The number of anilines is 1. The largest absolute Gasteiger partial charge is 0.344 e. The van der Waals surface area contributed by atoms with Gasteiger partial charge in [-0.3, -0.25) is 4.79 Å². The van der Waals surface area contributed by atoms with Crippen molar-refractivity contribution in [3.8, 4) is 0 Å². The molecule has 0 saturated carbocycles. The number of carbonyl (C=O) groups excluding carboxylic acids is 1. The van der Waals surface area contributed by atoms with Crippen molar-refractivity contribution >= 4 is 22.9 Å². The van der Waals surface area contributed by atoms with Crippen molar-refractivity contribution in [3.63, 3.8) is 0 Å². The molecule has 228 valence electrons. The topological polar surface area (TPSA) is 23.3 Å². The van der Waals surface area contributed by atoms with Crippen molar-refractivity contribution in [3.05, 3.63) is 107 Å². The lowest BCUT2D eigenvalue weighted by atomic mass is 9.81. The van der Waals surface area contributed by atoms with E-state index in [4.69, 9.17) is 0 Å². The summed E-state index contributed by atoms with van der Waals surface area (Å²) in [5.41, 5.74) is 10.3. The Bertz CT molecular complexity index is 1520. The minimum absolute atomic E-state index is 0.0201. The third kappa shape index (κ3) is 6.87. The van der Waals surface area contributed by atoms with E-state index in [2.05, 4.69) is 137 Å². The van der Waals surface area contributed by atoms with Crippen LogP contribution < -0.4 is 4.90 Å². The van der Waals surface area contributed by atoms with Gasteiger partial charge in [-0.25, -0.2) is 0 Å². The Hall–Kier alpha value is -3.46. The molecule has 0 spiro atoms. The van der Waals surface area contributed by atoms with Gasteiger partial charge in [-0.2, -0.15) is 4.58 Å². The molecule has 0 unspecified atom stereocenters. The first-order chi connectivity index (χ1) is 20.2. The molecule has 2 aliphatic rings. The number of unbranched alkanes of at least 4 members (excludes halogenated alkanes) is 2. The van der Waals surface area contributed by atoms with Gasteiger partial charge in [-0.05, 0) is 64.3 Å². The molecule has 0 atom stereocenters. The molecule has 0 aromatic heterocycles. The average molecular weight is 578 g/mol. The van der Waals surface area contributed by atoms with E-state index in [9.17, 15) is 4.79 Å². The van der Waals surface area contributed by atoms with Crippen molar-refractivity contribution < 1.29 is 9.37 Å². The van der Waals surface area contributed by atoms with E-state index in [0.717, 1.165) is 25.8 Å². The molecule has 0 fully saturated rings. The molecule has 0 saturated heterocycles. The standard InChI is InChI=1S/C40H53N2O/c1-29-22-24-33-31(27-29)39(6,7)35(41(33)10)19-15-12-11-13-16-20-36-40(8,9)32-28-30(2)23-25-34(32)42(36)26-18-14-17-21-37(43)38(3,4)5/h11-13,15-16,19-20,22-25,27-28H,14,17-18,21,26H2,1-10H3/q+1. The molecular formula is C40H53N2O+. The van der Waals surface area contributed by atoms with Crippen molar-refractivity contribution in [2.75, 3.05) is 18.5 Å². The predicted molar refractivity (Wildman–Crippen MR) is 185 cm³/mol. The summed E-state index contributed by atoms with van der Waals surface area (Å²) >= 11 is 0.